The summed E-state index contributed by atoms with van der Waals surface area (Å²) in [6, 6.07) is 0. The number of rotatable bonds is 7. The highest BCUT2D eigenvalue weighted by molar-refractivity contribution is 6.74. The van der Waals surface area contributed by atoms with Crippen LogP contribution < -0.4 is 0 Å². The van der Waals surface area contributed by atoms with Crippen LogP contribution in [0.2, 0.25) is 18.1 Å². The lowest BCUT2D eigenvalue weighted by molar-refractivity contribution is -0.148. The summed E-state index contributed by atoms with van der Waals surface area (Å²) in [5.74, 6) is -0.0637. The maximum atomic E-state index is 11.3. The Morgan fingerprint density at radius 1 is 1.37 bits per heavy atom. The molecule has 0 aromatic heterocycles. The highest BCUT2D eigenvalue weighted by Crippen LogP contribution is 2.36. The zero-order valence-corrected chi connectivity index (χ0v) is 14.6. The van der Waals surface area contributed by atoms with Crippen LogP contribution in [-0.2, 0) is 14.0 Å². The molecule has 0 aromatic rings. The lowest BCUT2D eigenvalue weighted by atomic mass is 10.1. The van der Waals surface area contributed by atoms with Gasteiger partial charge in [0.05, 0.1) is 0 Å². The van der Waals surface area contributed by atoms with Gasteiger partial charge in [-0.2, -0.15) is 0 Å². The second kappa shape index (κ2) is 7.24. The Balaban J connectivity index is 4.47. The minimum absolute atomic E-state index is 0.127. The van der Waals surface area contributed by atoms with Crippen molar-refractivity contribution >= 4 is 14.3 Å². The summed E-state index contributed by atoms with van der Waals surface area (Å²) in [6.45, 7) is 19.3. The van der Waals surface area contributed by atoms with Crippen LogP contribution in [0, 0.1) is 5.92 Å². The summed E-state index contributed by atoms with van der Waals surface area (Å²) < 4.78 is 11.5. The summed E-state index contributed by atoms with van der Waals surface area (Å²) in [5.41, 5.74) is 0. The normalized spacial score (nSPS) is 15.7. The Hall–Kier alpha value is -0.613. The van der Waals surface area contributed by atoms with Crippen LogP contribution in [0.1, 0.15) is 41.0 Å². The van der Waals surface area contributed by atoms with Gasteiger partial charge in [0.25, 0.3) is 0 Å². The Bertz CT molecular complexity index is 305. The number of carbonyl (C=O) groups is 1. The van der Waals surface area contributed by atoms with Crippen molar-refractivity contribution in [2.24, 2.45) is 5.92 Å². The Morgan fingerprint density at radius 3 is 2.26 bits per heavy atom. The van der Waals surface area contributed by atoms with Crippen molar-refractivity contribution in [3.63, 3.8) is 0 Å². The van der Waals surface area contributed by atoms with E-state index in [1.165, 1.54) is 0 Å². The smallest absolute Gasteiger partial charge is 0.306 e. The molecule has 0 aliphatic rings. The molecule has 0 saturated carbocycles. The SMILES string of the molecule is C=C[C@H](OC(=O)CC)[C@@H](C)CO[Si](C)(C)C(C)(C)C. The molecule has 112 valence electrons. The van der Waals surface area contributed by atoms with Crippen molar-refractivity contribution in [2.45, 2.75) is 65.3 Å². The zero-order chi connectivity index (χ0) is 15.3. The summed E-state index contributed by atoms with van der Waals surface area (Å²) in [6.07, 6.45) is 1.81. The maximum Gasteiger partial charge on any atom is 0.306 e. The molecule has 0 saturated heterocycles. The van der Waals surface area contributed by atoms with Gasteiger partial charge in [-0.25, -0.2) is 0 Å². The van der Waals surface area contributed by atoms with Gasteiger partial charge in [0, 0.05) is 18.9 Å². The molecule has 0 radical (unpaired) electrons. The van der Waals surface area contributed by atoms with E-state index in [4.69, 9.17) is 9.16 Å². The van der Waals surface area contributed by atoms with Crippen molar-refractivity contribution in [2.75, 3.05) is 6.61 Å². The highest BCUT2D eigenvalue weighted by Gasteiger charge is 2.37. The number of ether oxygens (including phenoxy) is 1. The molecule has 0 aliphatic heterocycles. The van der Waals surface area contributed by atoms with Crippen LogP contribution in [0.3, 0.4) is 0 Å². The maximum absolute atomic E-state index is 11.3. The van der Waals surface area contributed by atoms with Crippen LogP contribution in [0.4, 0.5) is 0 Å². The van der Waals surface area contributed by atoms with Gasteiger partial charge in [-0.15, -0.1) is 0 Å². The lowest BCUT2D eigenvalue weighted by Gasteiger charge is -2.37. The molecule has 4 heteroatoms. The molecule has 0 unspecified atom stereocenters. The summed E-state index contributed by atoms with van der Waals surface area (Å²) in [5, 5.41) is 0.191. The van der Waals surface area contributed by atoms with Crippen LogP contribution in [-0.4, -0.2) is 27.0 Å². The van der Waals surface area contributed by atoms with Crippen molar-refractivity contribution in [1.82, 2.24) is 0 Å². The monoisotopic (exact) mass is 286 g/mol. The van der Waals surface area contributed by atoms with Crippen molar-refractivity contribution in [1.29, 1.82) is 0 Å². The zero-order valence-electron chi connectivity index (χ0n) is 13.6. The van der Waals surface area contributed by atoms with E-state index in [0.717, 1.165) is 0 Å². The summed E-state index contributed by atoms with van der Waals surface area (Å²) >= 11 is 0. The summed E-state index contributed by atoms with van der Waals surface area (Å²) in [4.78, 5) is 11.3. The minimum atomic E-state index is -1.75. The largest absolute Gasteiger partial charge is 0.458 e. The molecule has 0 bridgehead atoms. The quantitative estimate of drug-likeness (QED) is 0.400. The van der Waals surface area contributed by atoms with Gasteiger partial charge >= 0.3 is 5.97 Å². The average Bonchev–Trinajstić information content (AvgIpc) is 2.31. The molecule has 19 heavy (non-hydrogen) atoms. The third-order valence-corrected chi connectivity index (χ3v) is 8.36. The summed E-state index contributed by atoms with van der Waals surface area (Å²) in [7, 11) is -1.75. The Morgan fingerprint density at radius 2 is 1.89 bits per heavy atom. The standard InChI is InChI=1S/C15H30O3Si/c1-9-13(18-14(16)10-2)12(3)11-17-19(7,8)15(4,5)6/h9,12-13H,1,10-11H2,2-8H3/t12-,13-/m0/s1. The molecule has 3 nitrogen and oxygen atoms in total. The lowest BCUT2D eigenvalue weighted by Crippen LogP contribution is -2.42. The number of esters is 1. The second-order valence-electron chi connectivity index (χ2n) is 6.59. The van der Waals surface area contributed by atoms with Gasteiger partial charge in [0.1, 0.15) is 6.10 Å². The first kappa shape index (κ1) is 18.4. The third kappa shape index (κ3) is 5.91. The first-order valence-electron chi connectivity index (χ1n) is 7.01. The van der Waals surface area contributed by atoms with Crippen molar-refractivity contribution in [3.8, 4) is 0 Å². The van der Waals surface area contributed by atoms with Crippen LogP contribution >= 0.6 is 0 Å². The van der Waals surface area contributed by atoms with Gasteiger partial charge in [-0.1, -0.05) is 47.3 Å². The van der Waals surface area contributed by atoms with E-state index in [1.807, 2.05) is 6.92 Å². The van der Waals surface area contributed by atoms with E-state index < -0.39 is 8.32 Å². The van der Waals surface area contributed by atoms with Crippen LogP contribution in [0.5, 0.6) is 0 Å². The topological polar surface area (TPSA) is 35.5 Å². The number of hydrogen-bond acceptors (Lipinski definition) is 3. The van der Waals surface area contributed by atoms with E-state index in [9.17, 15) is 4.79 Å². The molecule has 0 fully saturated rings. The van der Waals surface area contributed by atoms with Crippen LogP contribution in [0.25, 0.3) is 0 Å². The molecule has 0 amide bonds. The van der Waals surface area contributed by atoms with Gasteiger partial charge in [0.15, 0.2) is 8.32 Å². The van der Waals surface area contributed by atoms with Gasteiger partial charge in [0.2, 0.25) is 0 Å². The van der Waals surface area contributed by atoms with Crippen LogP contribution in [0.15, 0.2) is 12.7 Å². The van der Waals surface area contributed by atoms with E-state index in [2.05, 4.69) is 40.4 Å². The third-order valence-electron chi connectivity index (χ3n) is 3.86. The van der Waals surface area contributed by atoms with Crippen molar-refractivity contribution < 1.29 is 14.0 Å². The first-order chi connectivity index (χ1) is 8.55. The van der Waals surface area contributed by atoms with E-state index in [-0.39, 0.29) is 23.0 Å². The molecular formula is C15H30O3Si. The minimum Gasteiger partial charge on any atom is -0.458 e. The molecule has 2 atom stereocenters. The number of hydrogen-bond donors (Lipinski definition) is 0. The Labute approximate surface area is 119 Å². The fourth-order valence-electron chi connectivity index (χ4n) is 1.28. The van der Waals surface area contributed by atoms with Gasteiger partial charge in [-0.05, 0) is 18.1 Å². The average molecular weight is 286 g/mol. The van der Waals surface area contributed by atoms with E-state index in [1.54, 1.807) is 13.0 Å². The van der Waals surface area contributed by atoms with Gasteiger partial charge in [-0.3, -0.25) is 4.79 Å². The molecule has 0 N–H and O–H groups in total. The molecule has 0 heterocycles. The second-order valence-corrected chi connectivity index (χ2v) is 11.4. The van der Waals surface area contributed by atoms with E-state index >= 15 is 0 Å². The number of carbonyl (C=O) groups excluding carboxylic acids is 1. The molecule has 0 aliphatic carbocycles. The Kier molecular flexibility index (Phi) is 7.01. The molecule has 0 aromatic carbocycles. The molecule has 0 spiro atoms. The van der Waals surface area contributed by atoms with Crippen molar-refractivity contribution in [3.05, 3.63) is 12.7 Å². The predicted octanol–water partition coefficient (Wildman–Crippen LogP) is 4.15. The first-order valence-corrected chi connectivity index (χ1v) is 9.92. The highest BCUT2D eigenvalue weighted by atomic mass is 28.4. The van der Waals surface area contributed by atoms with Gasteiger partial charge < -0.3 is 9.16 Å². The fourth-order valence-corrected chi connectivity index (χ4v) is 2.40. The molecular weight excluding hydrogens is 256 g/mol. The fraction of sp³-hybridized carbons (Fsp3) is 0.800. The van der Waals surface area contributed by atoms with E-state index in [0.29, 0.717) is 13.0 Å². The predicted molar refractivity (Wildman–Crippen MR) is 82.7 cm³/mol. The molecule has 0 rings (SSSR count).